The largest absolute Gasteiger partial charge is 0.389 e. The van der Waals surface area contributed by atoms with Crippen molar-refractivity contribution < 1.29 is 19.7 Å². The Labute approximate surface area is 120 Å². The number of aliphatic hydroxyl groups is 2. The number of likely N-dealkylation sites (N-methyl/N-ethyl adjacent to an activating group) is 1. The van der Waals surface area contributed by atoms with Gasteiger partial charge in [0.15, 0.2) is 0 Å². The predicted octanol–water partition coefficient (Wildman–Crippen LogP) is 1.07. The summed E-state index contributed by atoms with van der Waals surface area (Å²) in [5, 5.41) is 20.6. The molecule has 5 nitrogen and oxygen atoms in total. The van der Waals surface area contributed by atoms with E-state index in [1.807, 2.05) is 0 Å². The molecule has 0 aromatic carbocycles. The van der Waals surface area contributed by atoms with Gasteiger partial charge in [0, 0.05) is 14.2 Å². The summed E-state index contributed by atoms with van der Waals surface area (Å²) in [6, 6.07) is -0.195. The van der Waals surface area contributed by atoms with E-state index in [0.717, 1.165) is 32.1 Å². The lowest BCUT2D eigenvalue weighted by atomic mass is 9.82. The summed E-state index contributed by atoms with van der Waals surface area (Å²) in [4.78, 5) is 14.0. The van der Waals surface area contributed by atoms with Crippen molar-refractivity contribution in [3.8, 4) is 0 Å². The van der Waals surface area contributed by atoms with Crippen LogP contribution in [0, 0.1) is 0 Å². The summed E-state index contributed by atoms with van der Waals surface area (Å²) >= 11 is 0. The van der Waals surface area contributed by atoms with Gasteiger partial charge in [-0.15, -0.1) is 0 Å². The molecule has 0 aliphatic heterocycles. The number of aliphatic hydroxyl groups excluding tert-OH is 1. The molecule has 2 N–H and O–H groups in total. The number of carbonyl (C=O) groups is 1. The van der Waals surface area contributed by atoms with Crippen molar-refractivity contribution in [2.75, 3.05) is 14.2 Å². The number of nitrogens with zero attached hydrogens (tertiary/aromatic N) is 1. The van der Waals surface area contributed by atoms with Gasteiger partial charge in [0.05, 0.1) is 24.2 Å². The highest BCUT2D eigenvalue weighted by atomic mass is 16.5. The first-order valence-electron chi connectivity index (χ1n) is 7.66. The minimum atomic E-state index is -0.839. The Kier molecular flexibility index (Phi) is 5.04. The molecule has 0 unspecified atom stereocenters. The van der Waals surface area contributed by atoms with Crippen LogP contribution in [0.25, 0.3) is 0 Å². The standard InChI is InChI=1S/C15H27NO4/c1-16(11-6-7-12(20-2)14(11)18)13(17)10-15(19)8-4-3-5-9-15/h11-12,14,18-19H,3-10H2,1-2H3/t11-,12-,14-/m1/s1. The maximum atomic E-state index is 12.4. The maximum absolute atomic E-state index is 12.4. The molecule has 0 aromatic heterocycles. The molecule has 0 spiro atoms. The molecule has 5 heteroatoms. The van der Waals surface area contributed by atoms with Crippen LogP contribution in [-0.2, 0) is 9.53 Å². The van der Waals surface area contributed by atoms with Gasteiger partial charge in [-0.3, -0.25) is 4.79 Å². The molecule has 116 valence electrons. The molecule has 1 amide bonds. The van der Waals surface area contributed by atoms with Gasteiger partial charge in [-0.2, -0.15) is 0 Å². The number of hydrogen-bond donors (Lipinski definition) is 2. The molecular weight excluding hydrogens is 258 g/mol. The molecule has 2 saturated carbocycles. The monoisotopic (exact) mass is 285 g/mol. The number of carbonyl (C=O) groups excluding carboxylic acids is 1. The maximum Gasteiger partial charge on any atom is 0.225 e. The number of methoxy groups -OCH3 is 1. The average Bonchev–Trinajstić information content (AvgIpc) is 2.79. The Morgan fingerprint density at radius 2 is 1.95 bits per heavy atom. The van der Waals surface area contributed by atoms with E-state index in [4.69, 9.17) is 4.74 Å². The minimum absolute atomic E-state index is 0.0739. The van der Waals surface area contributed by atoms with Crippen LogP contribution in [-0.4, -0.2) is 59.0 Å². The topological polar surface area (TPSA) is 70.0 Å². The summed E-state index contributed by atoms with van der Waals surface area (Å²) in [6.45, 7) is 0. The van der Waals surface area contributed by atoms with Crippen molar-refractivity contribution >= 4 is 5.91 Å². The van der Waals surface area contributed by atoms with Gasteiger partial charge in [0.25, 0.3) is 0 Å². The number of hydrogen-bond acceptors (Lipinski definition) is 4. The molecule has 0 bridgehead atoms. The Balaban J connectivity index is 1.92. The Morgan fingerprint density at radius 3 is 2.50 bits per heavy atom. The summed E-state index contributed by atoms with van der Waals surface area (Å²) in [7, 11) is 3.31. The first-order valence-corrected chi connectivity index (χ1v) is 7.66. The second-order valence-corrected chi connectivity index (χ2v) is 6.38. The van der Waals surface area contributed by atoms with Crippen LogP contribution in [0.4, 0.5) is 0 Å². The van der Waals surface area contributed by atoms with E-state index in [-0.39, 0.29) is 24.5 Å². The zero-order chi connectivity index (χ0) is 14.8. The second kappa shape index (κ2) is 6.41. The van der Waals surface area contributed by atoms with Crippen molar-refractivity contribution in [1.29, 1.82) is 0 Å². The summed E-state index contributed by atoms with van der Waals surface area (Å²) in [6.07, 6.45) is 5.42. The predicted molar refractivity (Wildman–Crippen MR) is 75.2 cm³/mol. The van der Waals surface area contributed by atoms with Crippen molar-refractivity contribution in [2.45, 2.75) is 75.2 Å². The van der Waals surface area contributed by atoms with Gasteiger partial charge in [-0.25, -0.2) is 0 Å². The Bertz CT molecular complexity index is 341. The van der Waals surface area contributed by atoms with E-state index in [1.165, 1.54) is 0 Å². The van der Waals surface area contributed by atoms with Crippen LogP contribution < -0.4 is 0 Å². The van der Waals surface area contributed by atoms with Crippen molar-refractivity contribution in [2.24, 2.45) is 0 Å². The van der Waals surface area contributed by atoms with Crippen LogP contribution in [0.3, 0.4) is 0 Å². The molecule has 3 atom stereocenters. The lowest BCUT2D eigenvalue weighted by Gasteiger charge is -2.35. The van der Waals surface area contributed by atoms with Gasteiger partial charge in [0.1, 0.15) is 6.10 Å². The lowest BCUT2D eigenvalue weighted by molar-refractivity contribution is -0.141. The van der Waals surface area contributed by atoms with Crippen LogP contribution >= 0.6 is 0 Å². The first-order chi connectivity index (χ1) is 9.47. The fraction of sp³-hybridized carbons (Fsp3) is 0.933. The van der Waals surface area contributed by atoms with Gasteiger partial charge in [0.2, 0.25) is 5.91 Å². The molecular formula is C15H27NO4. The van der Waals surface area contributed by atoms with Gasteiger partial charge in [-0.05, 0) is 25.7 Å². The molecule has 2 rings (SSSR count). The van der Waals surface area contributed by atoms with E-state index >= 15 is 0 Å². The smallest absolute Gasteiger partial charge is 0.225 e. The quantitative estimate of drug-likeness (QED) is 0.810. The fourth-order valence-corrected chi connectivity index (χ4v) is 3.58. The van der Waals surface area contributed by atoms with E-state index in [2.05, 4.69) is 0 Å². The van der Waals surface area contributed by atoms with Gasteiger partial charge < -0.3 is 19.8 Å². The highest BCUT2D eigenvalue weighted by Crippen LogP contribution is 2.32. The third-order valence-electron chi connectivity index (χ3n) is 4.98. The van der Waals surface area contributed by atoms with E-state index < -0.39 is 11.7 Å². The Morgan fingerprint density at radius 1 is 1.30 bits per heavy atom. The summed E-state index contributed by atoms with van der Waals surface area (Å²) < 4.78 is 5.22. The fourth-order valence-electron chi connectivity index (χ4n) is 3.58. The van der Waals surface area contributed by atoms with Crippen LogP contribution in [0.1, 0.15) is 51.4 Å². The zero-order valence-electron chi connectivity index (χ0n) is 12.5. The third kappa shape index (κ3) is 3.32. The molecule has 0 radical (unpaired) electrons. The lowest BCUT2D eigenvalue weighted by Crippen LogP contribution is -2.47. The molecule has 0 aromatic rings. The van der Waals surface area contributed by atoms with E-state index in [9.17, 15) is 15.0 Å². The highest BCUT2D eigenvalue weighted by Gasteiger charge is 2.40. The van der Waals surface area contributed by atoms with E-state index in [1.54, 1.807) is 19.1 Å². The number of rotatable bonds is 4. The van der Waals surface area contributed by atoms with Crippen molar-refractivity contribution in [3.05, 3.63) is 0 Å². The summed E-state index contributed by atoms with van der Waals surface area (Å²) in [5.74, 6) is -0.0739. The highest BCUT2D eigenvalue weighted by molar-refractivity contribution is 5.77. The molecule has 0 saturated heterocycles. The summed E-state index contributed by atoms with van der Waals surface area (Å²) in [5.41, 5.74) is -0.839. The van der Waals surface area contributed by atoms with Gasteiger partial charge >= 0.3 is 0 Å². The van der Waals surface area contributed by atoms with Crippen molar-refractivity contribution in [3.63, 3.8) is 0 Å². The van der Waals surface area contributed by atoms with Crippen LogP contribution in [0.15, 0.2) is 0 Å². The molecule has 2 aliphatic rings. The van der Waals surface area contributed by atoms with Crippen LogP contribution in [0.2, 0.25) is 0 Å². The molecule has 0 heterocycles. The molecule has 2 fully saturated rings. The minimum Gasteiger partial charge on any atom is -0.389 e. The SMILES string of the molecule is CO[C@@H]1CC[C@@H](N(C)C(=O)CC2(O)CCCCC2)[C@H]1O. The average molecular weight is 285 g/mol. The molecule has 20 heavy (non-hydrogen) atoms. The normalized spacial score (nSPS) is 33.1. The third-order valence-corrected chi connectivity index (χ3v) is 4.98. The second-order valence-electron chi connectivity index (χ2n) is 6.38. The van der Waals surface area contributed by atoms with Gasteiger partial charge in [-0.1, -0.05) is 19.3 Å². The zero-order valence-corrected chi connectivity index (χ0v) is 12.5. The number of ether oxygens (including phenoxy) is 1. The van der Waals surface area contributed by atoms with E-state index in [0.29, 0.717) is 12.8 Å². The number of amides is 1. The van der Waals surface area contributed by atoms with Crippen molar-refractivity contribution in [1.82, 2.24) is 4.90 Å². The molecule has 2 aliphatic carbocycles. The Hall–Kier alpha value is -0.650. The first kappa shape index (κ1) is 15.7. The van der Waals surface area contributed by atoms with Crippen LogP contribution in [0.5, 0.6) is 0 Å².